The van der Waals surface area contributed by atoms with Crippen molar-refractivity contribution in [3.8, 4) is 0 Å². The van der Waals surface area contributed by atoms with Gasteiger partial charge in [-0.05, 0) is 20.3 Å². The lowest BCUT2D eigenvalue weighted by atomic mass is 10.1. The van der Waals surface area contributed by atoms with Gasteiger partial charge in [-0.15, -0.1) is 0 Å². The number of nitrogens with zero attached hydrogens (tertiary/aromatic N) is 2. The van der Waals surface area contributed by atoms with Gasteiger partial charge in [-0.25, -0.2) is 4.98 Å². The van der Waals surface area contributed by atoms with Crippen LogP contribution in [0.25, 0.3) is 0 Å². The third-order valence-corrected chi connectivity index (χ3v) is 3.01. The van der Waals surface area contributed by atoms with Gasteiger partial charge in [-0.3, -0.25) is 10.1 Å². The summed E-state index contributed by atoms with van der Waals surface area (Å²) in [4.78, 5) is 14.9. The molecule has 0 aliphatic carbocycles. The Hall–Kier alpha value is -1.85. The van der Waals surface area contributed by atoms with E-state index >= 15 is 0 Å². The van der Waals surface area contributed by atoms with E-state index in [-0.39, 0.29) is 11.7 Å². The molecule has 1 unspecified atom stereocenters. The number of hydrogen-bond donors (Lipinski definition) is 2. The molecular weight excluding hydrogens is 256 g/mol. The highest BCUT2D eigenvalue weighted by Crippen LogP contribution is 2.21. The van der Waals surface area contributed by atoms with Crippen molar-refractivity contribution in [1.82, 2.24) is 4.98 Å². The highest BCUT2D eigenvalue weighted by atomic mass is 16.6. The summed E-state index contributed by atoms with van der Waals surface area (Å²) in [6, 6.07) is 3.19. The smallest absolute Gasteiger partial charge is 0.276 e. The third kappa shape index (κ3) is 5.42. The fourth-order valence-electron chi connectivity index (χ4n) is 1.99. The SMILES string of the molecule is CCCCCC(C)Nc1cc([N+](=O)[O-])cc(NCC)n1. The Kier molecular flexibility index (Phi) is 6.76. The quantitative estimate of drug-likeness (QED) is 0.408. The van der Waals surface area contributed by atoms with Crippen LogP contribution in [0.3, 0.4) is 0 Å². The number of unbranched alkanes of at least 4 members (excludes halogenated alkanes) is 2. The molecule has 112 valence electrons. The van der Waals surface area contributed by atoms with Crippen molar-refractivity contribution in [2.24, 2.45) is 0 Å². The van der Waals surface area contributed by atoms with Crippen molar-refractivity contribution in [2.45, 2.75) is 52.5 Å². The molecule has 0 spiro atoms. The van der Waals surface area contributed by atoms with E-state index in [2.05, 4.69) is 29.5 Å². The summed E-state index contributed by atoms with van der Waals surface area (Å²) in [6.45, 7) is 6.85. The molecule has 1 aromatic heterocycles. The van der Waals surface area contributed by atoms with Crippen LogP contribution in [-0.2, 0) is 0 Å². The minimum Gasteiger partial charge on any atom is -0.370 e. The topological polar surface area (TPSA) is 80.1 Å². The van der Waals surface area contributed by atoms with E-state index in [1.54, 1.807) is 0 Å². The minimum atomic E-state index is -0.393. The van der Waals surface area contributed by atoms with Crippen LogP contribution in [0.4, 0.5) is 17.3 Å². The summed E-state index contributed by atoms with van der Waals surface area (Å²) in [5.41, 5.74) is 0.0548. The molecule has 1 rings (SSSR count). The van der Waals surface area contributed by atoms with Gasteiger partial charge in [0.05, 0.1) is 17.1 Å². The first-order valence-corrected chi connectivity index (χ1v) is 7.23. The zero-order chi connectivity index (χ0) is 15.0. The fourth-order valence-corrected chi connectivity index (χ4v) is 1.99. The minimum absolute atomic E-state index is 0.0548. The molecule has 2 N–H and O–H groups in total. The number of anilines is 2. The molecule has 0 saturated carbocycles. The van der Waals surface area contributed by atoms with Crippen molar-refractivity contribution in [2.75, 3.05) is 17.2 Å². The van der Waals surface area contributed by atoms with Crippen molar-refractivity contribution >= 4 is 17.3 Å². The molecule has 1 heterocycles. The molecule has 1 atom stereocenters. The first kappa shape index (κ1) is 16.2. The molecule has 0 aliphatic rings. The highest BCUT2D eigenvalue weighted by molar-refractivity contribution is 5.54. The van der Waals surface area contributed by atoms with Crippen LogP contribution in [-0.4, -0.2) is 22.5 Å². The number of pyridine rings is 1. The molecule has 0 radical (unpaired) electrons. The average Bonchev–Trinajstić information content (AvgIpc) is 2.39. The molecule has 20 heavy (non-hydrogen) atoms. The zero-order valence-electron chi connectivity index (χ0n) is 12.5. The molecule has 6 nitrogen and oxygen atoms in total. The Balaban J connectivity index is 2.74. The van der Waals surface area contributed by atoms with E-state index in [1.165, 1.54) is 25.0 Å². The second-order valence-corrected chi connectivity index (χ2v) is 4.92. The Labute approximate surface area is 120 Å². The Morgan fingerprint density at radius 1 is 1.30 bits per heavy atom. The molecule has 0 bridgehead atoms. The Bertz CT molecular complexity index is 437. The van der Waals surface area contributed by atoms with E-state index < -0.39 is 4.92 Å². The van der Waals surface area contributed by atoms with E-state index in [4.69, 9.17) is 0 Å². The number of hydrogen-bond acceptors (Lipinski definition) is 5. The predicted molar refractivity (Wildman–Crippen MR) is 82.3 cm³/mol. The summed E-state index contributed by atoms with van der Waals surface area (Å²) in [5.74, 6) is 1.09. The van der Waals surface area contributed by atoms with Gasteiger partial charge in [-0.1, -0.05) is 26.2 Å². The van der Waals surface area contributed by atoms with Crippen LogP contribution in [0.15, 0.2) is 12.1 Å². The van der Waals surface area contributed by atoms with E-state index in [9.17, 15) is 10.1 Å². The van der Waals surface area contributed by atoms with Crippen LogP contribution < -0.4 is 10.6 Å². The van der Waals surface area contributed by atoms with Crippen molar-refractivity contribution in [3.63, 3.8) is 0 Å². The summed E-state index contributed by atoms with van der Waals surface area (Å²) >= 11 is 0. The summed E-state index contributed by atoms with van der Waals surface area (Å²) in [5, 5.41) is 17.2. The fraction of sp³-hybridized carbons (Fsp3) is 0.643. The standard InChI is InChI=1S/C14H24N4O2/c1-4-6-7-8-11(3)16-14-10-12(18(19)20)9-13(17-14)15-5-2/h9-11H,4-8H2,1-3H3,(H2,15,16,17). The first-order valence-electron chi connectivity index (χ1n) is 7.23. The van der Waals surface area contributed by atoms with Crippen LogP contribution in [0.1, 0.15) is 46.5 Å². The molecule has 0 fully saturated rings. The second-order valence-electron chi connectivity index (χ2n) is 4.92. The van der Waals surface area contributed by atoms with Gasteiger partial charge >= 0.3 is 0 Å². The number of rotatable bonds is 9. The van der Waals surface area contributed by atoms with Crippen LogP contribution in [0.5, 0.6) is 0 Å². The molecule has 0 amide bonds. The van der Waals surface area contributed by atoms with Gasteiger partial charge in [0, 0.05) is 12.6 Å². The number of nitro groups is 1. The van der Waals surface area contributed by atoms with Crippen molar-refractivity contribution < 1.29 is 4.92 Å². The second kappa shape index (κ2) is 8.35. The van der Waals surface area contributed by atoms with Gasteiger partial charge in [0.2, 0.25) is 0 Å². The number of aromatic nitrogens is 1. The average molecular weight is 280 g/mol. The number of nitrogens with one attached hydrogen (secondary N) is 2. The van der Waals surface area contributed by atoms with Gasteiger partial charge in [-0.2, -0.15) is 0 Å². The van der Waals surface area contributed by atoms with Crippen LogP contribution >= 0.6 is 0 Å². The maximum Gasteiger partial charge on any atom is 0.276 e. The maximum absolute atomic E-state index is 10.9. The van der Waals surface area contributed by atoms with Gasteiger partial charge < -0.3 is 10.6 Å². The van der Waals surface area contributed by atoms with E-state index in [1.807, 2.05) is 6.92 Å². The van der Waals surface area contributed by atoms with E-state index in [0.29, 0.717) is 18.2 Å². The lowest BCUT2D eigenvalue weighted by Gasteiger charge is -2.15. The molecule has 1 aromatic rings. The largest absolute Gasteiger partial charge is 0.370 e. The first-order chi connectivity index (χ1) is 9.56. The molecular formula is C14H24N4O2. The van der Waals surface area contributed by atoms with Gasteiger partial charge in [0.25, 0.3) is 5.69 Å². The summed E-state index contributed by atoms with van der Waals surface area (Å²) in [7, 11) is 0. The Morgan fingerprint density at radius 3 is 2.60 bits per heavy atom. The van der Waals surface area contributed by atoms with Crippen molar-refractivity contribution in [3.05, 3.63) is 22.2 Å². The summed E-state index contributed by atoms with van der Waals surface area (Å²) < 4.78 is 0. The van der Waals surface area contributed by atoms with Gasteiger partial charge in [0.1, 0.15) is 11.6 Å². The Morgan fingerprint density at radius 2 is 2.00 bits per heavy atom. The van der Waals surface area contributed by atoms with Crippen molar-refractivity contribution in [1.29, 1.82) is 0 Å². The zero-order valence-corrected chi connectivity index (χ0v) is 12.5. The van der Waals surface area contributed by atoms with Crippen LogP contribution in [0.2, 0.25) is 0 Å². The molecule has 6 heteroatoms. The molecule has 0 aliphatic heterocycles. The molecule has 0 saturated heterocycles. The third-order valence-electron chi connectivity index (χ3n) is 3.01. The lowest BCUT2D eigenvalue weighted by Crippen LogP contribution is -2.16. The predicted octanol–water partition coefficient (Wildman–Crippen LogP) is 3.80. The van der Waals surface area contributed by atoms with Gasteiger partial charge in [0.15, 0.2) is 0 Å². The summed E-state index contributed by atoms with van der Waals surface area (Å²) in [6.07, 6.45) is 4.58. The highest BCUT2D eigenvalue weighted by Gasteiger charge is 2.12. The lowest BCUT2D eigenvalue weighted by molar-refractivity contribution is -0.384. The van der Waals surface area contributed by atoms with Crippen LogP contribution in [0, 0.1) is 10.1 Å². The normalized spacial score (nSPS) is 11.9. The maximum atomic E-state index is 10.9. The molecule has 0 aromatic carbocycles. The monoisotopic (exact) mass is 280 g/mol. The van der Waals surface area contributed by atoms with E-state index in [0.717, 1.165) is 12.8 Å².